The minimum atomic E-state index is 0.101. The van der Waals surface area contributed by atoms with Gasteiger partial charge >= 0.3 is 0 Å². The second-order valence-electron chi connectivity index (χ2n) is 5.40. The summed E-state index contributed by atoms with van der Waals surface area (Å²) >= 11 is 7.12. The Morgan fingerprint density at radius 3 is 2.96 bits per heavy atom. The van der Waals surface area contributed by atoms with E-state index in [0.29, 0.717) is 6.54 Å². The second kappa shape index (κ2) is 6.10. The molecule has 2 aromatic rings. The summed E-state index contributed by atoms with van der Waals surface area (Å²) in [6.07, 6.45) is 10.3. The molecular formula is C18H15N3S2. The monoisotopic (exact) mass is 337 g/mol. The van der Waals surface area contributed by atoms with E-state index in [9.17, 15) is 0 Å². The predicted molar refractivity (Wildman–Crippen MR) is 99.3 cm³/mol. The van der Waals surface area contributed by atoms with Crippen molar-refractivity contribution in [3.05, 3.63) is 75.7 Å². The fraction of sp³-hybridized carbons (Fsp3) is 0.111. The van der Waals surface area contributed by atoms with Gasteiger partial charge in [0.05, 0.1) is 18.3 Å². The van der Waals surface area contributed by atoms with Gasteiger partial charge in [0, 0.05) is 11.1 Å². The summed E-state index contributed by atoms with van der Waals surface area (Å²) in [5.41, 5.74) is 3.40. The molecule has 0 spiro atoms. The summed E-state index contributed by atoms with van der Waals surface area (Å²) in [6, 6.07) is 10.4. The van der Waals surface area contributed by atoms with Gasteiger partial charge in [0.1, 0.15) is 5.84 Å². The van der Waals surface area contributed by atoms with E-state index >= 15 is 0 Å². The van der Waals surface area contributed by atoms with Gasteiger partial charge in [-0.25, -0.2) is 0 Å². The quantitative estimate of drug-likeness (QED) is 0.845. The fourth-order valence-electron chi connectivity index (χ4n) is 2.72. The predicted octanol–water partition coefficient (Wildman–Crippen LogP) is 4.33. The zero-order valence-corrected chi connectivity index (χ0v) is 14.0. The third-order valence-corrected chi connectivity index (χ3v) is 5.07. The Morgan fingerprint density at radius 2 is 2.09 bits per heavy atom. The van der Waals surface area contributed by atoms with Crippen LogP contribution >= 0.6 is 23.6 Å². The minimum Gasteiger partial charge on any atom is -0.343 e. The highest BCUT2D eigenvalue weighted by molar-refractivity contribution is 7.73. The average molecular weight is 337 g/mol. The summed E-state index contributed by atoms with van der Waals surface area (Å²) in [5.74, 6) is 0.940. The Hall–Kier alpha value is -2.24. The standard InChI is InChI=1S/C18H15N3S2/c22-18-21(16(12-23-18)13-6-2-1-3-7-13)11-17-19-14-8-4-5-9-15(10-14)20-17/h1-10,12,14H,11H2,(H,19,20). The Balaban J connectivity index is 1.67. The topological polar surface area (TPSA) is 29.3 Å². The molecule has 2 bridgehead atoms. The van der Waals surface area contributed by atoms with E-state index in [4.69, 9.17) is 17.2 Å². The van der Waals surface area contributed by atoms with Crippen LogP contribution in [0, 0.1) is 3.95 Å². The highest BCUT2D eigenvalue weighted by Crippen LogP contribution is 2.24. The van der Waals surface area contributed by atoms with Crippen LogP contribution in [0.1, 0.15) is 0 Å². The van der Waals surface area contributed by atoms with Crippen LogP contribution in [0.25, 0.3) is 11.3 Å². The van der Waals surface area contributed by atoms with Gasteiger partial charge in [-0.15, -0.1) is 11.3 Å². The van der Waals surface area contributed by atoms with Crippen molar-refractivity contribution in [3.63, 3.8) is 0 Å². The van der Waals surface area contributed by atoms with Gasteiger partial charge in [-0.05, 0) is 29.9 Å². The highest BCUT2D eigenvalue weighted by atomic mass is 32.1. The van der Waals surface area contributed by atoms with Gasteiger partial charge in [-0.2, -0.15) is 0 Å². The van der Waals surface area contributed by atoms with Gasteiger partial charge in [0.25, 0.3) is 0 Å². The zero-order chi connectivity index (χ0) is 15.6. The van der Waals surface area contributed by atoms with Crippen molar-refractivity contribution in [1.29, 1.82) is 0 Å². The molecule has 5 heteroatoms. The number of allylic oxidation sites excluding steroid dienone is 3. The third-order valence-electron chi connectivity index (χ3n) is 3.80. The fourth-order valence-corrected chi connectivity index (χ4v) is 3.79. The molecule has 0 saturated carbocycles. The van der Waals surface area contributed by atoms with Crippen LogP contribution in [0.5, 0.6) is 0 Å². The van der Waals surface area contributed by atoms with Crippen molar-refractivity contribution in [1.82, 2.24) is 9.88 Å². The lowest BCUT2D eigenvalue weighted by molar-refractivity contribution is 0.810. The number of benzene rings is 1. The molecular weight excluding hydrogens is 322 g/mol. The number of thiazole rings is 1. The van der Waals surface area contributed by atoms with Crippen LogP contribution in [-0.2, 0) is 6.54 Å². The van der Waals surface area contributed by atoms with Gasteiger partial charge in [-0.3, -0.25) is 4.99 Å². The van der Waals surface area contributed by atoms with Crippen LogP contribution in [0.15, 0.2) is 76.8 Å². The van der Waals surface area contributed by atoms with E-state index in [1.165, 1.54) is 5.56 Å². The van der Waals surface area contributed by atoms with Gasteiger partial charge in [0.15, 0.2) is 3.95 Å². The smallest absolute Gasteiger partial charge is 0.161 e. The number of aromatic nitrogens is 1. The van der Waals surface area contributed by atoms with Crippen LogP contribution in [0.3, 0.4) is 0 Å². The summed E-state index contributed by atoms with van der Waals surface area (Å²) in [5, 5.41) is 5.51. The molecule has 1 aromatic carbocycles. The molecule has 3 nitrogen and oxygen atoms in total. The lowest BCUT2D eigenvalue weighted by atomic mass is 10.2. The molecule has 0 amide bonds. The number of nitrogens with zero attached hydrogens (tertiary/aromatic N) is 2. The zero-order valence-electron chi connectivity index (χ0n) is 12.3. The lowest BCUT2D eigenvalue weighted by Crippen LogP contribution is -2.31. The summed E-state index contributed by atoms with van der Waals surface area (Å²) in [7, 11) is 0. The number of aliphatic imine (C=N–C) groups is 1. The molecule has 0 saturated heterocycles. The Bertz CT molecular complexity index is 898. The Labute approximate surface area is 144 Å². The van der Waals surface area contributed by atoms with Crippen LogP contribution in [0.2, 0.25) is 0 Å². The van der Waals surface area contributed by atoms with E-state index in [0.717, 1.165) is 21.2 Å². The number of hydrogen-bond acceptors (Lipinski definition) is 4. The van der Waals surface area contributed by atoms with Crippen LogP contribution in [-0.4, -0.2) is 16.4 Å². The molecule has 1 aromatic heterocycles. The first-order chi connectivity index (χ1) is 11.3. The molecule has 4 rings (SSSR count). The number of fused-ring (bicyclic) bond motifs is 1. The van der Waals surface area contributed by atoms with Crippen molar-refractivity contribution >= 4 is 29.4 Å². The Kier molecular flexibility index (Phi) is 3.81. The molecule has 2 heterocycles. The maximum absolute atomic E-state index is 5.53. The molecule has 1 atom stereocenters. The maximum atomic E-state index is 5.53. The van der Waals surface area contributed by atoms with E-state index in [2.05, 4.69) is 45.6 Å². The van der Waals surface area contributed by atoms with E-state index < -0.39 is 0 Å². The van der Waals surface area contributed by atoms with Crippen molar-refractivity contribution in [3.8, 4) is 11.3 Å². The van der Waals surface area contributed by atoms with Crippen LogP contribution < -0.4 is 5.32 Å². The van der Waals surface area contributed by atoms with Crippen LogP contribution in [0.4, 0.5) is 0 Å². The minimum absolute atomic E-state index is 0.101. The van der Waals surface area contributed by atoms with Crippen molar-refractivity contribution in [2.45, 2.75) is 12.6 Å². The summed E-state index contributed by atoms with van der Waals surface area (Å²) in [6.45, 7) is 0.655. The molecule has 1 aliphatic carbocycles. The summed E-state index contributed by atoms with van der Waals surface area (Å²) < 4.78 is 3.01. The summed E-state index contributed by atoms with van der Waals surface area (Å²) in [4.78, 5) is 4.75. The molecule has 23 heavy (non-hydrogen) atoms. The van der Waals surface area contributed by atoms with E-state index in [1.54, 1.807) is 11.3 Å². The van der Waals surface area contributed by atoms with Gasteiger partial charge in [0.2, 0.25) is 0 Å². The second-order valence-corrected chi connectivity index (χ2v) is 6.90. The average Bonchev–Trinajstić information content (AvgIpc) is 2.83. The first-order valence-corrected chi connectivity index (χ1v) is 8.72. The first kappa shape index (κ1) is 14.4. The molecule has 0 fully saturated rings. The van der Waals surface area contributed by atoms with Crippen molar-refractivity contribution < 1.29 is 0 Å². The molecule has 1 unspecified atom stereocenters. The number of nitrogens with one attached hydrogen (secondary N) is 1. The molecule has 1 N–H and O–H groups in total. The third kappa shape index (κ3) is 2.98. The van der Waals surface area contributed by atoms with E-state index in [1.807, 2.05) is 30.4 Å². The first-order valence-electron chi connectivity index (χ1n) is 7.44. The Morgan fingerprint density at radius 1 is 1.22 bits per heavy atom. The van der Waals surface area contributed by atoms with Crippen molar-refractivity contribution in [2.75, 3.05) is 0 Å². The van der Waals surface area contributed by atoms with Gasteiger partial charge in [-0.1, -0.05) is 48.6 Å². The normalized spacial score (nSPS) is 18.9. The van der Waals surface area contributed by atoms with Gasteiger partial charge < -0.3 is 9.88 Å². The molecule has 2 aliphatic rings. The highest BCUT2D eigenvalue weighted by Gasteiger charge is 2.15. The number of amidine groups is 1. The maximum Gasteiger partial charge on any atom is 0.161 e. The lowest BCUT2D eigenvalue weighted by Gasteiger charge is -2.19. The molecule has 114 valence electrons. The van der Waals surface area contributed by atoms with E-state index in [-0.39, 0.29) is 6.04 Å². The largest absolute Gasteiger partial charge is 0.343 e. The molecule has 0 radical (unpaired) electrons. The van der Waals surface area contributed by atoms with Crippen molar-refractivity contribution in [2.24, 2.45) is 4.99 Å². The SMILES string of the molecule is S=c1scc(-c2ccccc2)n1CC1=NC2C=CC=CC(=C2)N1. The molecule has 1 aliphatic heterocycles. The number of rotatable bonds is 3. The number of hydrogen-bond donors (Lipinski definition) is 1.